The molecule has 5 heteroatoms. The van der Waals surface area contributed by atoms with Gasteiger partial charge in [-0.05, 0) is 38.1 Å². The summed E-state index contributed by atoms with van der Waals surface area (Å²) in [7, 11) is 0. The molecule has 1 aromatic heterocycles. The van der Waals surface area contributed by atoms with Gasteiger partial charge in [0.15, 0.2) is 0 Å². The summed E-state index contributed by atoms with van der Waals surface area (Å²) in [5, 5.41) is 5.36. The highest BCUT2D eigenvalue weighted by Crippen LogP contribution is 2.27. The van der Waals surface area contributed by atoms with Gasteiger partial charge in [-0.2, -0.15) is 0 Å². The van der Waals surface area contributed by atoms with Crippen LogP contribution in [-0.2, 0) is 0 Å². The second-order valence-electron chi connectivity index (χ2n) is 4.34. The molecule has 0 saturated carbocycles. The molecule has 2 nitrogen and oxygen atoms in total. The Balaban J connectivity index is 2.77. The fourth-order valence-electron chi connectivity index (χ4n) is 1.25. The van der Waals surface area contributed by atoms with E-state index in [1.165, 1.54) is 11.3 Å². The first kappa shape index (κ1) is 13.8. The van der Waals surface area contributed by atoms with E-state index in [0.29, 0.717) is 15.8 Å². The van der Waals surface area contributed by atoms with E-state index in [2.05, 4.69) is 5.32 Å². The number of nitrogens with one attached hydrogen (secondary N) is 1. The average Bonchev–Trinajstić information content (AvgIpc) is 2.46. The third-order valence-corrected chi connectivity index (χ3v) is 4.16. The van der Waals surface area contributed by atoms with Gasteiger partial charge >= 0.3 is 0 Å². The molecule has 1 N–H and O–H groups in total. The molecule has 0 unspecified atom stereocenters. The number of hydrogen-bond donors (Lipinski definition) is 1. The number of thiophene rings is 1. The Morgan fingerprint density at radius 1 is 1.56 bits per heavy atom. The predicted octanol–water partition coefficient (Wildman–Crippen LogP) is 3.85. The first-order valence-corrected chi connectivity index (χ1v) is 6.78. The molecule has 0 atom stereocenters. The van der Waals surface area contributed by atoms with Crippen LogP contribution in [-0.4, -0.2) is 17.3 Å². The number of halogens is 2. The zero-order valence-electron chi connectivity index (χ0n) is 9.56. The molecule has 1 aromatic rings. The van der Waals surface area contributed by atoms with E-state index in [1.54, 1.807) is 0 Å². The van der Waals surface area contributed by atoms with Crippen molar-refractivity contribution in [1.29, 1.82) is 0 Å². The fraction of sp³-hybridized carbons (Fsp3) is 0.545. The zero-order chi connectivity index (χ0) is 12.3. The molecule has 0 fully saturated rings. The number of carbonyl (C=O) groups is 1. The maximum atomic E-state index is 11.9. The number of alkyl halides is 1. The van der Waals surface area contributed by atoms with Crippen molar-refractivity contribution in [1.82, 2.24) is 5.32 Å². The van der Waals surface area contributed by atoms with Crippen LogP contribution in [0.15, 0.2) is 5.38 Å². The monoisotopic (exact) mass is 279 g/mol. The number of amides is 1. The summed E-state index contributed by atoms with van der Waals surface area (Å²) in [6, 6.07) is 0. The Labute approximate surface area is 110 Å². The highest BCUT2D eigenvalue weighted by atomic mass is 35.5. The molecule has 16 heavy (non-hydrogen) atoms. The number of carbonyl (C=O) groups excluding carboxylic acids is 1. The molecule has 0 saturated heterocycles. The standard InChI is InChI=1S/C11H15Cl2NOS/c1-7-6-16-9(8(7)13)10(15)14-11(2,3)4-5-12/h6H,4-5H2,1-3H3,(H,14,15). The fourth-order valence-corrected chi connectivity index (χ4v) is 2.89. The van der Waals surface area contributed by atoms with Gasteiger partial charge in [0.2, 0.25) is 0 Å². The third kappa shape index (κ3) is 3.37. The van der Waals surface area contributed by atoms with Crippen molar-refractivity contribution in [2.75, 3.05) is 5.88 Å². The smallest absolute Gasteiger partial charge is 0.263 e. The molecular formula is C11H15Cl2NOS. The maximum Gasteiger partial charge on any atom is 0.263 e. The van der Waals surface area contributed by atoms with Crippen molar-refractivity contribution in [2.45, 2.75) is 32.7 Å². The summed E-state index contributed by atoms with van der Waals surface area (Å²) < 4.78 is 0. The van der Waals surface area contributed by atoms with E-state index >= 15 is 0 Å². The summed E-state index contributed by atoms with van der Waals surface area (Å²) >= 11 is 13.1. The third-order valence-electron chi connectivity index (χ3n) is 2.28. The van der Waals surface area contributed by atoms with Crippen molar-refractivity contribution < 1.29 is 4.79 Å². The minimum atomic E-state index is -0.305. The van der Waals surface area contributed by atoms with Crippen LogP contribution in [0, 0.1) is 6.92 Å². The van der Waals surface area contributed by atoms with Crippen LogP contribution in [0.2, 0.25) is 5.02 Å². The van der Waals surface area contributed by atoms with Crippen molar-refractivity contribution >= 4 is 40.4 Å². The number of rotatable bonds is 4. The number of aryl methyl sites for hydroxylation is 1. The van der Waals surface area contributed by atoms with Gasteiger partial charge in [-0.15, -0.1) is 22.9 Å². The molecule has 0 bridgehead atoms. The van der Waals surface area contributed by atoms with E-state index in [-0.39, 0.29) is 11.4 Å². The Morgan fingerprint density at radius 2 is 2.19 bits per heavy atom. The van der Waals surface area contributed by atoms with Crippen LogP contribution in [0.3, 0.4) is 0 Å². The predicted molar refractivity (Wildman–Crippen MR) is 70.9 cm³/mol. The van der Waals surface area contributed by atoms with Crippen LogP contribution in [0.25, 0.3) is 0 Å². The molecule has 90 valence electrons. The summed E-state index contributed by atoms with van der Waals surface area (Å²) in [5.74, 6) is 0.392. The normalized spacial score (nSPS) is 11.6. The largest absolute Gasteiger partial charge is 0.346 e. The lowest BCUT2D eigenvalue weighted by molar-refractivity contribution is 0.0916. The van der Waals surface area contributed by atoms with Crippen LogP contribution in [0.4, 0.5) is 0 Å². The SMILES string of the molecule is Cc1csc(C(=O)NC(C)(C)CCCl)c1Cl. The van der Waals surface area contributed by atoms with Crippen LogP contribution >= 0.6 is 34.5 Å². The lowest BCUT2D eigenvalue weighted by atomic mass is 10.0. The topological polar surface area (TPSA) is 29.1 Å². The Hall–Kier alpha value is -0.250. The summed E-state index contributed by atoms with van der Waals surface area (Å²) in [6.45, 7) is 5.78. The van der Waals surface area contributed by atoms with Gasteiger partial charge in [0.25, 0.3) is 5.91 Å². The molecule has 0 aliphatic rings. The Kier molecular flexibility index (Phi) is 4.65. The minimum absolute atomic E-state index is 0.127. The Morgan fingerprint density at radius 3 is 2.62 bits per heavy atom. The van der Waals surface area contributed by atoms with Crippen LogP contribution < -0.4 is 5.32 Å². The molecule has 1 rings (SSSR count). The molecule has 1 heterocycles. The van der Waals surface area contributed by atoms with E-state index in [0.717, 1.165) is 12.0 Å². The average molecular weight is 280 g/mol. The van der Waals surface area contributed by atoms with Gasteiger partial charge in [-0.25, -0.2) is 0 Å². The van der Waals surface area contributed by atoms with E-state index in [4.69, 9.17) is 23.2 Å². The molecule has 0 aromatic carbocycles. The van der Waals surface area contributed by atoms with Crippen molar-refractivity contribution in [2.24, 2.45) is 0 Å². The summed E-state index contributed by atoms with van der Waals surface area (Å²) in [6.07, 6.45) is 0.724. The molecule has 0 spiro atoms. The van der Waals surface area contributed by atoms with Gasteiger partial charge in [0.1, 0.15) is 4.88 Å². The lowest BCUT2D eigenvalue weighted by Gasteiger charge is -2.25. The minimum Gasteiger partial charge on any atom is -0.346 e. The van der Waals surface area contributed by atoms with E-state index < -0.39 is 0 Å². The molecule has 0 aliphatic carbocycles. The molecule has 1 amide bonds. The quantitative estimate of drug-likeness (QED) is 0.834. The van der Waals surface area contributed by atoms with Gasteiger partial charge in [-0.3, -0.25) is 4.79 Å². The number of hydrogen-bond acceptors (Lipinski definition) is 2. The van der Waals surface area contributed by atoms with Gasteiger partial charge in [0.05, 0.1) is 5.02 Å². The lowest BCUT2D eigenvalue weighted by Crippen LogP contribution is -2.43. The second-order valence-corrected chi connectivity index (χ2v) is 5.97. The van der Waals surface area contributed by atoms with Gasteiger partial charge in [-0.1, -0.05) is 11.6 Å². The zero-order valence-corrected chi connectivity index (χ0v) is 11.9. The molecular weight excluding hydrogens is 265 g/mol. The molecule has 0 radical (unpaired) electrons. The van der Waals surface area contributed by atoms with Gasteiger partial charge in [0, 0.05) is 11.4 Å². The maximum absolute atomic E-state index is 11.9. The second kappa shape index (κ2) is 5.39. The highest BCUT2D eigenvalue weighted by molar-refractivity contribution is 7.13. The molecule has 0 aliphatic heterocycles. The van der Waals surface area contributed by atoms with Crippen molar-refractivity contribution in [3.05, 3.63) is 20.8 Å². The highest BCUT2D eigenvalue weighted by Gasteiger charge is 2.23. The van der Waals surface area contributed by atoms with Gasteiger partial charge < -0.3 is 5.32 Å². The van der Waals surface area contributed by atoms with Crippen molar-refractivity contribution in [3.63, 3.8) is 0 Å². The van der Waals surface area contributed by atoms with Crippen LogP contribution in [0.5, 0.6) is 0 Å². The summed E-state index contributed by atoms with van der Waals surface area (Å²) in [5.41, 5.74) is 0.632. The first-order chi connectivity index (χ1) is 7.37. The van der Waals surface area contributed by atoms with E-state index in [1.807, 2.05) is 26.2 Å². The Bertz CT molecular complexity index is 387. The van der Waals surface area contributed by atoms with Crippen LogP contribution in [0.1, 0.15) is 35.5 Å². The summed E-state index contributed by atoms with van der Waals surface area (Å²) in [4.78, 5) is 12.5. The van der Waals surface area contributed by atoms with E-state index in [9.17, 15) is 4.79 Å². The first-order valence-electron chi connectivity index (χ1n) is 4.99. The van der Waals surface area contributed by atoms with Crippen molar-refractivity contribution in [3.8, 4) is 0 Å².